The molecule has 0 spiro atoms. The number of aromatic nitrogens is 4. The summed E-state index contributed by atoms with van der Waals surface area (Å²) in [5, 5.41) is 9.97. The fourth-order valence-corrected chi connectivity index (χ4v) is 10.5. The van der Waals surface area contributed by atoms with Gasteiger partial charge < -0.3 is 4.57 Å². The first-order valence-electron chi connectivity index (χ1n) is 22.2. The van der Waals surface area contributed by atoms with E-state index in [2.05, 4.69) is 196 Å². The van der Waals surface area contributed by atoms with E-state index in [9.17, 15) is 0 Å². The van der Waals surface area contributed by atoms with E-state index in [1.807, 2.05) is 18.2 Å². The molecule has 302 valence electrons. The first kappa shape index (κ1) is 37.3. The Labute approximate surface area is 367 Å². The van der Waals surface area contributed by atoms with E-state index < -0.39 is 0 Å². The van der Waals surface area contributed by atoms with Crippen molar-refractivity contribution in [3.63, 3.8) is 0 Å². The summed E-state index contributed by atoms with van der Waals surface area (Å²) in [7, 11) is 0. The molecule has 0 unspecified atom stereocenters. The largest absolute Gasteiger partial charge is 0.309 e. The number of benzene rings is 9. The molecule has 63 heavy (non-hydrogen) atoms. The molecule has 0 bridgehead atoms. The molecule has 12 rings (SSSR count). The van der Waals surface area contributed by atoms with Crippen molar-refractivity contribution in [2.45, 2.75) is 51.4 Å². The second kappa shape index (κ2) is 14.1. The van der Waals surface area contributed by atoms with Crippen LogP contribution in [-0.2, 0) is 10.8 Å². The molecule has 0 N–H and O–H groups in total. The van der Waals surface area contributed by atoms with Gasteiger partial charge in [-0.15, -0.1) is 0 Å². The van der Waals surface area contributed by atoms with Crippen LogP contribution in [0.3, 0.4) is 0 Å². The van der Waals surface area contributed by atoms with Gasteiger partial charge in [0.15, 0.2) is 17.5 Å². The molecule has 11 aromatic rings. The van der Waals surface area contributed by atoms with E-state index in [1.165, 1.54) is 72.0 Å². The maximum atomic E-state index is 5.27. The van der Waals surface area contributed by atoms with Crippen molar-refractivity contribution in [1.29, 1.82) is 0 Å². The lowest BCUT2D eigenvalue weighted by atomic mass is 9.63. The quantitative estimate of drug-likeness (QED) is 0.163. The molecule has 2 heterocycles. The van der Waals surface area contributed by atoms with Crippen LogP contribution >= 0.6 is 0 Å². The highest BCUT2D eigenvalue weighted by Crippen LogP contribution is 2.50. The third-order valence-corrected chi connectivity index (χ3v) is 13.9. The van der Waals surface area contributed by atoms with Crippen molar-refractivity contribution in [3.8, 4) is 51.0 Å². The minimum absolute atomic E-state index is 0.0639. The third-order valence-electron chi connectivity index (χ3n) is 13.9. The van der Waals surface area contributed by atoms with Crippen molar-refractivity contribution >= 4 is 54.1 Å². The van der Waals surface area contributed by atoms with E-state index in [0.717, 1.165) is 39.6 Å². The molecule has 0 saturated heterocycles. The van der Waals surface area contributed by atoms with Crippen LogP contribution in [-0.4, -0.2) is 19.5 Å². The monoisotopic (exact) mass is 810 g/mol. The summed E-state index contributed by atoms with van der Waals surface area (Å²) in [4.78, 5) is 15.6. The van der Waals surface area contributed by atoms with Gasteiger partial charge in [0.05, 0.1) is 11.0 Å². The van der Waals surface area contributed by atoms with E-state index in [0.29, 0.717) is 17.5 Å². The Morgan fingerprint density at radius 2 is 0.841 bits per heavy atom. The summed E-state index contributed by atoms with van der Waals surface area (Å²) in [5.41, 5.74) is 11.9. The topological polar surface area (TPSA) is 43.6 Å². The lowest BCUT2D eigenvalue weighted by Gasteiger charge is -2.42. The number of hydrogen-bond donors (Lipinski definition) is 0. The summed E-state index contributed by atoms with van der Waals surface area (Å²) in [5.74, 6) is 1.93. The van der Waals surface area contributed by atoms with E-state index >= 15 is 0 Å². The van der Waals surface area contributed by atoms with Crippen LogP contribution in [0, 0.1) is 0 Å². The lowest BCUT2D eigenvalue weighted by molar-refractivity contribution is 0.332. The molecule has 0 fully saturated rings. The average Bonchev–Trinajstić information content (AvgIpc) is 3.68. The molecule has 1 aliphatic carbocycles. The normalized spacial score (nSPS) is 14.5. The Kier molecular flexibility index (Phi) is 8.33. The molecule has 4 heteroatoms. The summed E-state index contributed by atoms with van der Waals surface area (Å²) in [6.07, 6.45) is 2.33. The van der Waals surface area contributed by atoms with Crippen LogP contribution in [0.5, 0.6) is 0 Å². The predicted octanol–water partition coefficient (Wildman–Crippen LogP) is 15.4. The van der Waals surface area contributed by atoms with Crippen molar-refractivity contribution in [3.05, 3.63) is 193 Å². The molecular formula is C59H46N4. The first-order chi connectivity index (χ1) is 30.7. The molecule has 0 saturated carbocycles. The summed E-state index contributed by atoms with van der Waals surface area (Å²) in [6.45, 7) is 9.70. The van der Waals surface area contributed by atoms with E-state index in [1.54, 1.807) is 0 Å². The summed E-state index contributed by atoms with van der Waals surface area (Å²) >= 11 is 0. The highest BCUT2D eigenvalue weighted by Gasteiger charge is 2.38. The molecule has 0 atom stereocenters. The Balaban J connectivity index is 1.08. The standard InChI is InChI=1S/C59H46N4/c1-58(2)33-34-59(3,4)51-36-52-49(35-50(51)58)53-46-25-15-13-22-43(46)44-23-14-16-26-47(44)54(53)63(52)40-29-27-39(28-30-40)56-60-55(38-19-9-6-10-20-38)61-57(62-56)48-32-31-41(37-17-7-5-8-18-37)42-21-11-12-24-45(42)48/h5-32,35-36H,33-34H2,1-4H3. The fraction of sp³-hybridized carbons (Fsp3) is 0.136. The van der Waals surface area contributed by atoms with Gasteiger partial charge in [0, 0.05) is 38.5 Å². The molecule has 0 aliphatic heterocycles. The number of nitrogens with zero attached hydrogens (tertiary/aromatic N) is 4. The lowest BCUT2D eigenvalue weighted by Crippen LogP contribution is -2.33. The van der Waals surface area contributed by atoms with Crippen LogP contribution in [0.1, 0.15) is 51.7 Å². The smallest absolute Gasteiger partial charge is 0.164 e. The first-order valence-corrected chi connectivity index (χ1v) is 22.2. The van der Waals surface area contributed by atoms with Crippen molar-refractivity contribution in [2.75, 3.05) is 0 Å². The molecule has 0 amide bonds. The zero-order valence-electron chi connectivity index (χ0n) is 36.0. The van der Waals surface area contributed by atoms with Crippen LogP contribution < -0.4 is 0 Å². The number of rotatable bonds is 5. The van der Waals surface area contributed by atoms with Crippen LogP contribution in [0.4, 0.5) is 0 Å². The average molecular weight is 811 g/mol. The Morgan fingerprint density at radius 3 is 1.48 bits per heavy atom. The van der Waals surface area contributed by atoms with Crippen LogP contribution in [0.2, 0.25) is 0 Å². The molecular weight excluding hydrogens is 765 g/mol. The maximum absolute atomic E-state index is 5.27. The molecule has 9 aromatic carbocycles. The second-order valence-electron chi connectivity index (χ2n) is 18.6. The van der Waals surface area contributed by atoms with Gasteiger partial charge in [-0.2, -0.15) is 0 Å². The minimum Gasteiger partial charge on any atom is -0.309 e. The SMILES string of the molecule is CC1(C)CCC(C)(C)c2cc3c(cc21)c1c2ccccc2c2ccccc2c1n3-c1ccc(-c2nc(-c3ccccc3)nc(-c3ccc(-c4ccccc4)c4ccccc34)n2)cc1. The van der Waals surface area contributed by atoms with Gasteiger partial charge in [-0.3, -0.25) is 0 Å². The van der Waals surface area contributed by atoms with E-state index in [4.69, 9.17) is 15.0 Å². The highest BCUT2D eigenvalue weighted by molar-refractivity contribution is 6.32. The van der Waals surface area contributed by atoms with Gasteiger partial charge in [0.1, 0.15) is 0 Å². The molecule has 1 aliphatic rings. The number of fused-ring (bicyclic) bond motifs is 10. The molecule has 0 radical (unpaired) electrons. The van der Waals surface area contributed by atoms with Gasteiger partial charge in [0.2, 0.25) is 0 Å². The summed E-state index contributed by atoms with van der Waals surface area (Å²) in [6, 6.07) is 65.6. The highest BCUT2D eigenvalue weighted by atomic mass is 15.0. The molecule has 2 aromatic heterocycles. The minimum atomic E-state index is 0.0639. The van der Waals surface area contributed by atoms with E-state index in [-0.39, 0.29) is 10.8 Å². The zero-order chi connectivity index (χ0) is 42.5. The Hall–Kier alpha value is -7.43. The van der Waals surface area contributed by atoms with Crippen LogP contribution in [0.15, 0.2) is 182 Å². The predicted molar refractivity (Wildman–Crippen MR) is 264 cm³/mol. The fourth-order valence-electron chi connectivity index (χ4n) is 10.5. The second-order valence-corrected chi connectivity index (χ2v) is 18.6. The van der Waals surface area contributed by atoms with Crippen molar-refractivity contribution < 1.29 is 0 Å². The zero-order valence-corrected chi connectivity index (χ0v) is 36.0. The summed E-state index contributed by atoms with van der Waals surface area (Å²) < 4.78 is 2.52. The van der Waals surface area contributed by atoms with Gasteiger partial charge in [-0.1, -0.05) is 167 Å². The number of hydrogen-bond acceptors (Lipinski definition) is 3. The Bertz CT molecular complexity index is 3600. The van der Waals surface area contributed by atoms with Gasteiger partial charge in [-0.05, 0) is 115 Å². The maximum Gasteiger partial charge on any atom is 0.164 e. The van der Waals surface area contributed by atoms with Gasteiger partial charge >= 0.3 is 0 Å². The molecule has 4 nitrogen and oxygen atoms in total. The van der Waals surface area contributed by atoms with Crippen LogP contribution in [0.25, 0.3) is 105 Å². The Morgan fingerprint density at radius 1 is 0.381 bits per heavy atom. The van der Waals surface area contributed by atoms with Crippen molar-refractivity contribution in [1.82, 2.24) is 19.5 Å². The van der Waals surface area contributed by atoms with Crippen molar-refractivity contribution in [2.24, 2.45) is 0 Å². The van der Waals surface area contributed by atoms with Gasteiger partial charge in [-0.25, -0.2) is 15.0 Å². The van der Waals surface area contributed by atoms with Gasteiger partial charge in [0.25, 0.3) is 0 Å². The third kappa shape index (κ3) is 5.92.